The van der Waals surface area contributed by atoms with E-state index in [9.17, 15) is 32.7 Å². The highest BCUT2D eigenvalue weighted by molar-refractivity contribution is 7.88. The molecule has 14 heteroatoms. The van der Waals surface area contributed by atoms with Crippen LogP contribution in [0.5, 0.6) is 0 Å². The number of primary amides is 1. The fourth-order valence-electron chi connectivity index (χ4n) is 2.94. The fraction of sp³-hybridized carbons (Fsp3) is 0.478. The second-order valence-electron chi connectivity index (χ2n) is 9.08. The first-order valence-corrected chi connectivity index (χ1v) is 12.8. The predicted octanol–water partition coefficient (Wildman–Crippen LogP) is 0.344. The Kier molecular flexibility index (Phi) is 12.2. The van der Waals surface area contributed by atoms with Gasteiger partial charge in [0.25, 0.3) is 16.0 Å². The molecule has 0 aliphatic rings. The van der Waals surface area contributed by atoms with Crippen molar-refractivity contribution in [1.29, 1.82) is 0 Å². The van der Waals surface area contributed by atoms with Crippen LogP contribution in [0.3, 0.4) is 0 Å². The number of aliphatic hydroxyl groups excluding tert-OH is 1. The Hall–Kier alpha value is -3.49. The van der Waals surface area contributed by atoms with Crippen molar-refractivity contribution < 1.29 is 42.0 Å². The van der Waals surface area contributed by atoms with Crippen LogP contribution in [-0.2, 0) is 31.0 Å². The molecule has 0 heterocycles. The summed E-state index contributed by atoms with van der Waals surface area (Å²) in [6, 6.07) is 5.00. The number of hydrogen-bond acceptors (Lipinski definition) is 8. The smallest absolute Gasteiger partial charge is 0.407 e. The number of ether oxygens (including phenoxy) is 1. The van der Waals surface area contributed by atoms with Gasteiger partial charge < -0.3 is 31.5 Å². The lowest BCUT2D eigenvalue weighted by molar-refractivity contribution is -0.132. The molecule has 2 atom stereocenters. The maximum atomic E-state index is 12.5. The molecule has 0 bridgehead atoms. The van der Waals surface area contributed by atoms with Crippen LogP contribution in [0.15, 0.2) is 35.7 Å². The van der Waals surface area contributed by atoms with E-state index >= 15 is 0 Å². The molecule has 0 aliphatic heterocycles. The molecule has 1 rings (SSSR count). The van der Waals surface area contributed by atoms with Crippen molar-refractivity contribution in [1.82, 2.24) is 16.0 Å². The Labute approximate surface area is 215 Å². The number of alkyl carbamates (subject to hydrolysis) is 1. The summed E-state index contributed by atoms with van der Waals surface area (Å²) in [5, 5.41) is 18.2. The lowest BCUT2D eigenvalue weighted by Crippen LogP contribution is -2.50. The van der Waals surface area contributed by atoms with Crippen molar-refractivity contribution in [3.8, 4) is 0 Å². The van der Waals surface area contributed by atoms with Crippen LogP contribution in [-0.4, -0.2) is 66.2 Å². The number of nitrogens with two attached hydrogens (primary N) is 1. The Morgan fingerprint density at radius 2 is 1.70 bits per heavy atom. The van der Waals surface area contributed by atoms with Gasteiger partial charge in [0.1, 0.15) is 5.60 Å². The van der Waals surface area contributed by atoms with Crippen molar-refractivity contribution in [3.05, 3.63) is 46.9 Å². The molecule has 1 aromatic rings. The maximum Gasteiger partial charge on any atom is 0.407 e. The second kappa shape index (κ2) is 14.3. The number of nitrogens with one attached hydrogen (secondary N) is 3. The summed E-state index contributed by atoms with van der Waals surface area (Å²) < 4.78 is 35.5. The zero-order valence-electron chi connectivity index (χ0n) is 20.9. The summed E-state index contributed by atoms with van der Waals surface area (Å²) >= 11 is 0. The van der Waals surface area contributed by atoms with Crippen molar-refractivity contribution >= 4 is 33.9 Å². The van der Waals surface area contributed by atoms with Crippen LogP contribution in [0, 0.1) is 0 Å². The first-order chi connectivity index (χ1) is 17.1. The van der Waals surface area contributed by atoms with Gasteiger partial charge in [-0.25, -0.2) is 4.79 Å². The first kappa shape index (κ1) is 31.5. The molecular weight excluding hydrogens is 508 g/mol. The van der Waals surface area contributed by atoms with Crippen LogP contribution in [0.1, 0.15) is 56.0 Å². The molecule has 37 heavy (non-hydrogen) atoms. The molecule has 0 aromatic heterocycles. The maximum absolute atomic E-state index is 12.5. The van der Waals surface area contributed by atoms with Crippen LogP contribution in [0.25, 0.3) is 0 Å². The Morgan fingerprint density at radius 1 is 1.08 bits per heavy atom. The summed E-state index contributed by atoms with van der Waals surface area (Å²) in [6.45, 7) is 5.41. The molecule has 0 aliphatic carbocycles. The molecule has 4 amide bonds. The van der Waals surface area contributed by atoms with Crippen molar-refractivity contribution in [3.63, 3.8) is 0 Å². The number of carbonyl (C=O) groups is 4. The van der Waals surface area contributed by atoms with Crippen molar-refractivity contribution in [2.45, 2.75) is 64.3 Å². The van der Waals surface area contributed by atoms with E-state index in [2.05, 4.69) is 16.0 Å². The molecule has 0 radical (unpaired) electrons. The zero-order valence-corrected chi connectivity index (χ0v) is 21.7. The number of aliphatic hydroxyl groups is 1. The molecular formula is C23H34N4O9S. The van der Waals surface area contributed by atoms with Crippen LogP contribution < -0.4 is 21.7 Å². The largest absolute Gasteiger partial charge is 0.444 e. The van der Waals surface area contributed by atoms with Crippen molar-refractivity contribution in [2.75, 3.05) is 6.54 Å². The van der Waals surface area contributed by atoms with E-state index in [4.69, 9.17) is 15.0 Å². The average molecular weight is 543 g/mol. The number of amides is 4. The minimum absolute atomic E-state index is 0.0120. The van der Waals surface area contributed by atoms with Crippen LogP contribution >= 0.6 is 0 Å². The highest BCUT2D eigenvalue weighted by Gasteiger charge is 2.27. The molecule has 7 N–H and O–H groups in total. The predicted molar refractivity (Wildman–Crippen MR) is 134 cm³/mol. The van der Waals surface area contributed by atoms with E-state index in [0.29, 0.717) is 24.5 Å². The number of unbranched alkanes of at least 4 members (excludes halogenated alkanes) is 1. The van der Waals surface area contributed by atoms with Gasteiger partial charge in [-0.1, -0.05) is 12.1 Å². The lowest BCUT2D eigenvalue weighted by atomic mass is 10.0. The summed E-state index contributed by atoms with van der Waals surface area (Å²) in [5.74, 6) is -2.37. The molecule has 0 saturated heterocycles. The minimum Gasteiger partial charge on any atom is -0.444 e. The third-order valence-corrected chi connectivity index (χ3v) is 5.16. The van der Waals surface area contributed by atoms with E-state index in [-0.39, 0.29) is 30.5 Å². The first-order valence-electron chi connectivity index (χ1n) is 11.3. The summed E-state index contributed by atoms with van der Waals surface area (Å²) in [5.41, 5.74) is 5.44. The van der Waals surface area contributed by atoms with Gasteiger partial charge >= 0.3 is 6.09 Å². The lowest BCUT2D eigenvalue weighted by Gasteiger charge is -2.23. The van der Waals surface area contributed by atoms with E-state index < -0.39 is 51.7 Å². The average Bonchev–Trinajstić information content (AvgIpc) is 2.78. The number of rotatable bonds is 13. The molecule has 13 nitrogen and oxygen atoms in total. The Balaban J connectivity index is 2.73. The summed E-state index contributed by atoms with van der Waals surface area (Å²) in [7, 11) is -4.55. The Morgan fingerprint density at radius 3 is 2.24 bits per heavy atom. The monoisotopic (exact) mass is 542 g/mol. The second-order valence-corrected chi connectivity index (χ2v) is 10.4. The summed E-state index contributed by atoms with van der Waals surface area (Å²) in [6.07, 6.45) is -0.863. The minimum atomic E-state index is -4.55. The van der Waals surface area contributed by atoms with Gasteiger partial charge in [-0.3, -0.25) is 18.9 Å². The van der Waals surface area contributed by atoms with E-state index in [1.807, 2.05) is 0 Å². The molecule has 0 fully saturated rings. The van der Waals surface area contributed by atoms with E-state index in [1.54, 1.807) is 32.9 Å². The fourth-order valence-corrected chi connectivity index (χ4v) is 3.24. The molecule has 206 valence electrons. The normalized spacial score (nSPS) is 13.4. The SMILES string of the molecule is CC(C)(C)OC(=O)NCCCCC(NC(=O)/C=C/S(=O)(=O)O)C(O)C(=O)NCc1ccc(C(N)=O)cc1. The van der Waals surface area contributed by atoms with Gasteiger partial charge in [-0.2, -0.15) is 8.42 Å². The number of hydrogen-bond donors (Lipinski definition) is 6. The highest BCUT2D eigenvalue weighted by Crippen LogP contribution is 2.09. The molecule has 0 saturated carbocycles. The topological polar surface area (TPSA) is 214 Å². The van der Waals surface area contributed by atoms with E-state index in [0.717, 1.165) is 0 Å². The summed E-state index contributed by atoms with van der Waals surface area (Å²) in [4.78, 5) is 47.5. The van der Waals surface area contributed by atoms with Crippen LogP contribution in [0.2, 0.25) is 0 Å². The van der Waals surface area contributed by atoms with Crippen molar-refractivity contribution in [2.24, 2.45) is 5.73 Å². The number of benzene rings is 1. The standard InChI is InChI=1S/C23H34N4O9S/c1-23(2,3)36-22(32)25-12-5-4-6-17(27-18(28)11-13-37(33,34)35)19(29)21(31)26-14-15-7-9-16(10-8-15)20(24)30/h7-11,13,17,19,29H,4-6,12,14H2,1-3H3,(H2,24,30)(H,25,32)(H,26,31)(H,27,28)(H,33,34,35)/b13-11+. The zero-order chi connectivity index (χ0) is 28.2. The molecule has 0 spiro atoms. The third-order valence-electron chi connectivity index (χ3n) is 4.68. The van der Waals surface area contributed by atoms with E-state index in [1.165, 1.54) is 12.1 Å². The quantitative estimate of drug-likeness (QED) is 0.115. The van der Waals surface area contributed by atoms with Gasteiger partial charge in [0.2, 0.25) is 11.8 Å². The van der Waals surface area contributed by atoms with Gasteiger partial charge in [-0.05, 0) is 57.7 Å². The van der Waals surface area contributed by atoms with Gasteiger partial charge in [0, 0.05) is 24.7 Å². The Bertz CT molecular complexity index is 1080. The third kappa shape index (κ3) is 14.0. The molecule has 2 unspecified atom stereocenters. The highest BCUT2D eigenvalue weighted by atomic mass is 32.2. The molecule has 1 aromatic carbocycles. The van der Waals surface area contributed by atoms with Crippen LogP contribution in [0.4, 0.5) is 4.79 Å². The van der Waals surface area contributed by atoms with Gasteiger partial charge in [-0.15, -0.1) is 0 Å². The van der Waals surface area contributed by atoms with Gasteiger partial charge in [0.05, 0.1) is 11.4 Å². The van der Waals surface area contributed by atoms with Gasteiger partial charge in [0.15, 0.2) is 6.10 Å². The number of carbonyl (C=O) groups excluding carboxylic acids is 4.